The van der Waals surface area contributed by atoms with Crippen LogP contribution in [0.3, 0.4) is 0 Å². The molecule has 0 saturated carbocycles. The third-order valence-corrected chi connectivity index (χ3v) is 7.32. The highest BCUT2D eigenvalue weighted by molar-refractivity contribution is 6.00. The Morgan fingerprint density at radius 3 is 1.30 bits per heavy atom. The number of nitrogens with zero attached hydrogens (tertiary/aromatic N) is 1. The summed E-state index contributed by atoms with van der Waals surface area (Å²) in [6.07, 6.45) is 0. The Bertz CT molecular complexity index is 1790. The quantitative estimate of drug-likeness (QED) is 0.148. The zero-order valence-corrected chi connectivity index (χ0v) is 26.3. The Hall–Kier alpha value is -5.71. The molecule has 46 heavy (non-hydrogen) atoms. The topological polar surface area (TPSA) is 121 Å². The molecule has 0 aliphatic carbocycles. The van der Waals surface area contributed by atoms with Crippen LogP contribution in [0.25, 0.3) is 21.5 Å². The van der Waals surface area contributed by atoms with Gasteiger partial charge < -0.3 is 37.9 Å². The molecule has 0 atom stereocenters. The number of fused-ring (bicyclic) bond motifs is 2. The van der Waals surface area contributed by atoms with Gasteiger partial charge in [-0.15, -0.1) is 0 Å². The van der Waals surface area contributed by atoms with Crippen LogP contribution >= 0.6 is 0 Å². The minimum atomic E-state index is -0.531. The molecule has 0 aliphatic rings. The number of esters is 2. The second-order valence-corrected chi connectivity index (χ2v) is 9.94. The van der Waals surface area contributed by atoms with Gasteiger partial charge in [0.05, 0.1) is 65.2 Å². The molecule has 0 radical (unpaired) electrons. The summed E-state index contributed by atoms with van der Waals surface area (Å²) in [7, 11) is 9.20. The summed E-state index contributed by atoms with van der Waals surface area (Å²) in [4.78, 5) is 30.3. The van der Waals surface area contributed by atoms with Gasteiger partial charge in [-0.3, -0.25) is 4.98 Å². The summed E-state index contributed by atoms with van der Waals surface area (Å²) in [6, 6.07) is 18.9. The van der Waals surface area contributed by atoms with E-state index in [1.54, 1.807) is 66.7 Å². The van der Waals surface area contributed by atoms with E-state index in [9.17, 15) is 9.59 Å². The van der Waals surface area contributed by atoms with Crippen molar-refractivity contribution < 1.29 is 47.5 Å². The highest BCUT2D eigenvalue weighted by atomic mass is 16.5. The number of pyridine rings is 1. The number of methoxy groups -OCH3 is 6. The maximum absolute atomic E-state index is 12.9. The van der Waals surface area contributed by atoms with Gasteiger partial charge in [0, 0.05) is 10.8 Å². The third kappa shape index (κ3) is 6.25. The predicted octanol–water partition coefficient (Wildman–Crippen LogP) is 6.15. The molecule has 0 amide bonds. The van der Waals surface area contributed by atoms with Crippen LogP contribution in [0.15, 0.2) is 66.7 Å². The molecule has 0 spiro atoms. The third-order valence-electron chi connectivity index (χ3n) is 7.32. The molecule has 5 aromatic rings. The Morgan fingerprint density at radius 1 is 0.522 bits per heavy atom. The van der Waals surface area contributed by atoms with Crippen molar-refractivity contribution in [2.24, 2.45) is 0 Å². The first-order valence-corrected chi connectivity index (χ1v) is 14.1. The molecule has 0 fully saturated rings. The van der Waals surface area contributed by atoms with Crippen LogP contribution in [-0.4, -0.2) is 59.6 Å². The van der Waals surface area contributed by atoms with E-state index in [2.05, 4.69) is 4.98 Å². The summed E-state index contributed by atoms with van der Waals surface area (Å²) < 4.78 is 43.9. The van der Waals surface area contributed by atoms with Gasteiger partial charge in [-0.25, -0.2) is 9.59 Å². The van der Waals surface area contributed by atoms with Gasteiger partial charge in [0.2, 0.25) is 11.5 Å². The van der Waals surface area contributed by atoms with Crippen LogP contribution < -0.4 is 28.4 Å². The Morgan fingerprint density at radius 2 is 0.935 bits per heavy atom. The van der Waals surface area contributed by atoms with E-state index in [4.69, 9.17) is 37.9 Å². The van der Waals surface area contributed by atoms with Crippen LogP contribution in [0, 0.1) is 0 Å². The van der Waals surface area contributed by atoms with Crippen molar-refractivity contribution in [3.8, 4) is 34.5 Å². The Labute approximate surface area is 265 Å². The molecule has 0 N–H and O–H groups in total. The van der Waals surface area contributed by atoms with Crippen molar-refractivity contribution in [3.63, 3.8) is 0 Å². The average Bonchev–Trinajstić information content (AvgIpc) is 3.10. The fourth-order valence-electron chi connectivity index (χ4n) is 5.14. The fourth-order valence-corrected chi connectivity index (χ4v) is 5.14. The second kappa shape index (κ2) is 13.9. The van der Waals surface area contributed by atoms with Crippen LogP contribution in [0.4, 0.5) is 0 Å². The molecule has 0 unspecified atom stereocenters. The van der Waals surface area contributed by atoms with Crippen molar-refractivity contribution in [1.82, 2.24) is 4.98 Å². The SMILES string of the molecule is COc1cc2cc(C(=O)OCc3cccc(COC(=O)c4ccc5c(OC)c(OC)c(OC)cc5c4)n3)ccc2c(OC)c1OC. The minimum Gasteiger partial charge on any atom is -0.493 e. The largest absolute Gasteiger partial charge is 0.493 e. The van der Waals surface area contributed by atoms with E-state index in [1.165, 1.54) is 42.7 Å². The molecule has 0 saturated heterocycles. The molecule has 0 aliphatic heterocycles. The van der Waals surface area contributed by atoms with Crippen LogP contribution in [0.5, 0.6) is 34.5 Å². The van der Waals surface area contributed by atoms with E-state index >= 15 is 0 Å². The normalized spacial score (nSPS) is 10.7. The lowest BCUT2D eigenvalue weighted by Crippen LogP contribution is -2.09. The highest BCUT2D eigenvalue weighted by Crippen LogP contribution is 2.44. The molecule has 5 rings (SSSR count). The molecule has 11 heteroatoms. The number of carbonyl (C=O) groups is 2. The lowest BCUT2D eigenvalue weighted by molar-refractivity contribution is 0.0463. The van der Waals surface area contributed by atoms with Crippen LogP contribution in [0.2, 0.25) is 0 Å². The molecule has 1 heterocycles. The van der Waals surface area contributed by atoms with E-state index in [0.717, 1.165) is 21.5 Å². The maximum atomic E-state index is 12.9. The van der Waals surface area contributed by atoms with Gasteiger partial charge in [-0.05, 0) is 71.4 Å². The molecule has 1 aromatic heterocycles. The van der Waals surface area contributed by atoms with Crippen molar-refractivity contribution in [1.29, 1.82) is 0 Å². The van der Waals surface area contributed by atoms with Gasteiger partial charge in [0.15, 0.2) is 23.0 Å². The smallest absolute Gasteiger partial charge is 0.338 e. The van der Waals surface area contributed by atoms with Crippen molar-refractivity contribution >= 4 is 33.5 Å². The molecule has 0 bridgehead atoms. The zero-order chi connectivity index (χ0) is 32.8. The van der Waals surface area contributed by atoms with E-state index < -0.39 is 11.9 Å². The number of ether oxygens (including phenoxy) is 8. The maximum Gasteiger partial charge on any atom is 0.338 e. The summed E-state index contributed by atoms with van der Waals surface area (Å²) in [5.41, 5.74) is 1.68. The predicted molar refractivity (Wildman–Crippen MR) is 170 cm³/mol. The van der Waals surface area contributed by atoms with Crippen LogP contribution in [-0.2, 0) is 22.7 Å². The number of benzene rings is 4. The van der Waals surface area contributed by atoms with Crippen molar-refractivity contribution in [2.45, 2.75) is 13.2 Å². The van der Waals surface area contributed by atoms with Gasteiger partial charge >= 0.3 is 11.9 Å². The second-order valence-electron chi connectivity index (χ2n) is 9.94. The van der Waals surface area contributed by atoms with E-state index in [0.29, 0.717) is 57.0 Å². The first kappa shape index (κ1) is 31.7. The number of rotatable bonds is 12. The van der Waals surface area contributed by atoms with E-state index in [1.807, 2.05) is 0 Å². The van der Waals surface area contributed by atoms with Gasteiger partial charge in [0.25, 0.3) is 0 Å². The first-order chi connectivity index (χ1) is 22.3. The highest BCUT2D eigenvalue weighted by Gasteiger charge is 2.19. The van der Waals surface area contributed by atoms with Gasteiger partial charge in [-0.1, -0.05) is 6.07 Å². The first-order valence-electron chi connectivity index (χ1n) is 14.1. The van der Waals surface area contributed by atoms with Crippen molar-refractivity contribution in [2.75, 3.05) is 42.7 Å². The minimum absolute atomic E-state index is 0.0777. The average molecular weight is 628 g/mol. The number of hydrogen-bond donors (Lipinski definition) is 0. The molecular formula is C35H33NO10. The number of hydrogen-bond acceptors (Lipinski definition) is 11. The monoisotopic (exact) mass is 627 g/mol. The molecule has 11 nitrogen and oxygen atoms in total. The summed E-state index contributed by atoms with van der Waals surface area (Å²) in [5, 5.41) is 2.94. The molecule has 238 valence electrons. The van der Waals surface area contributed by atoms with Gasteiger partial charge in [0.1, 0.15) is 13.2 Å². The molecular weight excluding hydrogens is 594 g/mol. The fraction of sp³-hybridized carbons (Fsp3) is 0.229. The summed E-state index contributed by atoms with van der Waals surface area (Å²) in [6.45, 7) is -0.155. The number of carbonyl (C=O) groups excluding carboxylic acids is 2. The van der Waals surface area contributed by atoms with E-state index in [-0.39, 0.29) is 13.2 Å². The summed E-state index contributed by atoms with van der Waals surface area (Å²) in [5.74, 6) is 1.81. The Kier molecular flexibility index (Phi) is 9.61. The lowest BCUT2D eigenvalue weighted by Gasteiger charge is -2.15. The zero-order valence-electron chi connectivity index (χ0n) is 26.3. The Balaban J connectivity index is 1.25. The van der Waals surface area contributed by atoms with Gasteiger partial charge in [-0.2, -0.15) is 0 Å². The molecule has 4 aromatic carbocycles. The lowest BCUT2D eigenvalue weighted by atomic mass is 10.0. The summed E-state index contributed by atoms with van der Waals surface area (Å²) >= 11 is 0. The standard InChI is InChI=1S/C35H33NO10/c1-39-28-16-22-14-20(10-12-26(22)30(41-3)32(28)43-5)34(37)45-18-24-8-7-9-25(36-24)19-46-35(38)21-11-13-27-23(15-21)17-29(40-2)33(44-6)31(27)42-4/h7-17H,18-19H2,1-6H3. The van der Waals surface area contributed by atoms with Crippen molar-refractivity contribution in [3.05, 3.63) is 89.2 Å². The van der Waals surface area contributed by atoms with Crippen LogP contribution in [0.1, 0.15) is 32.1 Å². The number of aromatic nitrogens is 1.